The largest absolute Gasteiger partial charge is 0.468 e. The van der Waals surface area contributed by atoms with E-state index in [1.54, 1.807) is 0 Å². The predicted molar refractivity (Wildman–Crippen MR) is 134 cm³/mol. The summed E-state index contributed by atoms with van der Waals surface area (Å²) in [7, 11) is -3.39. The maximum absolute atomic E-state index is 13.5. The van der Waals surface area contributed by atoms with Gasteiger partial charge in [-0.2, -0.15) is 18.3 Å². The van der Waals surface area contributed by atoms with E-state index >= 15 is 0 Å². The molecule has 12 nitrogen and oxygen atoms in total. The number of benzene rings is 1. The number of hydrogen-bond acceptors (Lipinski definition) is 9. The van der Waals surface area contributed by atoms with Crippen LogP contribution in [0.5, 0.6) is 5.75 Å². The van der Waals surface area contributed by atoms with Crippen LogP contribution in [-0.4, -0.2) is 52.6 Å². The lowest BCUT2D eigenvalue weighted by atomic mass is 10.2. The lowest BCUT2D eigenvalue weighted by Gasteiger charge is -2.24. The van der Waals surface area contributed by atoms with Crippen molar-refractivity contribution in [2.75, 3.05) is 13.7 Å². The van der Waals surface area contributed by atoms with E-state index in [-0.39, 0.29) is 17.7 Å². The highest BCUT2D eigenvalue weighted by molar-refractivity contribution is 9.11. The number of aromatic nitrogens is 2. The van der Waals surface area contributed by atoms with Gasteiger partial charge in [0, 0.05) is 12.6 Å². The van der Waals surface area contributed by atoms with Gasteiger partial charge in [-0.15, -0.1) is 0 Å². The maximum atomic E-state index is 13.5. The van der Waals surface area contributed by atoms with Crippen LogP contribution in [0.4, 0.5) is 13.2 Å². The average Bonchev–Trinajstić information content (AvgIpc) is 3.23. The average molecular weight is 642 g/mol. The number of halogens is 4. The van der Waals surface area contributed by atoms with Crippen LogP contribution in [0.15, 0.2) is 45.0 Å². The fraction of sp³-hybridized carbons (Fsp3) is 0.409. The van der Waals surface area contributed by atoms with Crippen molar-refractivity contribution in [1.82, 2.24) is 14.6 Å². The molecule has 0 spiro atoms. The molecule has 1 saturated heterocycles. The number of hydrogen-bond donors (Lipinski definition) is 3. The fourth-order valence-electron chi connectivity index (χ4n) is 3.51. The molecule has 0 saturated carbocycles. The molecule has 2 heterocycles. The van der Waals surface area contributed by atoms with Gasteiger partial charge in [-0.25, -0.2) is 9.36 Å². The van der Waals surface area contributed by atoms with Crippen molar-refractivity contribution < 1.29 is 46.2 Å². The minimum absolute atomic E-state index is 0.104. The number of aliphatic hydroxyl groups is 1. The zero-order valence-electron chi connectivity index (χ0n) is 20.4. The van der Waals surface area contributed by atoms with Gasteiger partial charge >= 0.3 is 25.6 Å². The van der Waals surface area contributed by atoms with Gasteiger partial charge in [-0.05, 0) is 42.3 Å². The monoisotopic (exact) mass is 641 g/mol. The van der Waals surface area contributed by atoms with E-state index < -0.39 is 67.8 Å². The van der Waals surface area contributed by atoms with E-state index in [4.69, 9.17) is 13.8 Å². The molecule has 1 fully saturated rings. The number of ether oxygens (including phenoxy) is 2. The molecule has 1 aliphatic rings. The first kappa shape index (κ1) is 30.8. The van der Waals surface area contributed by atoms with Crippen molar-refractivity contribution >= 4 is 35.7 Å². The first-order chi connectivity index (χ1) is 18.3. The van der Waals surface area contributed by atoms with Crippen LogP contribution in [0.2, 0.25) is 0 Å². The Morgan fingerprint density at radius 1 is 1.36 bits per heavy atom. The van der Waals surface area contributed by atoms with Crippen LogP contribution in [0.1, 0.15) is 30.7 Å². The third-order valence-electron chi connectivity index (χ3n) is 5.47. The van der Waals surface area contributed by atoms with Gasteiger partial charge in [-0.3, -0.25) is 23.7 Å². The van der Waals surface area contributed by atoms with E-state index in [9.17, 15) is 37.2 Å². The summed E-state index contributed by atoms with van der Waals surface area (Å²) in [6, 6.07) is 2.03. The minimum Gasteiger partial charge on any atom is -0.468 e. The highest BCUT2D eigenvalue weighted by Crippen LogP contribution is 2.46. The van der Waals surface area contributed by atoms with E-state index in [1.807, 2.05) is 0 Å². The lowest BCUT2D eigenvalue weighted by Crippen LogP contribution is -2.36. The molecule has 3 rings (SSSR count). The smallest absolute Gasteiger partial charge is 0.459 e. The second-order valence-corrected chi connectivity index (χ2v) is 10.5. The number of aliphatic hydroxyl groups excluding tert-OH is 1. The quantitative estimate of drug-likeness (QED) is 0.260. The molecule has 0 amide bonds. The molecule has 2 unspecified atom stereocenters. The summed E-state index contributed by atoms with van der Waals surface area (Å²) in [5.41, 5.74) is -2.28. The van der Waals surface area contributed by atoms with E-state index in [0.717, 1.165) is 23.8 Å². The van der Waals surface area contributed by atoms with Gasteiger partial charge in [0.1, 0.15) is 24.1 Å². The van der Waals surface area contributed by atoms with Crippen molar-refractivity contribution in [3.05, 3.63) is 67.4 Å². The molecule has 0 bridgehead atoms. The molecule has 0 radical (unpaired) electrons. The molecule has 1 aromatic heterocycles. The molecule has 1 aromatic carbocycles. The predicted octanol–water partition coefficient (Wildman–Crippen LogP) is 2.92. The number of esters is 1. The molecule has 0 aliphatic carbocycles. The Kier molecular flexibility index (Phi) is 9.96. The molecular weight excluding hydrogens is 618 g/mol. The normalized spacial score (nSPS) is 22.0. The molecule has 17 heteroatoms. The Morgan fingerprint density at radius 2 is 2.03 bits per heavy atom. The minimum atomic E-state index is -4.61. The maximum Gasteiger partial charge on any atom is 0.459 e. The van der Waals surface area contributed by atoms with Crippen LogP contribution in [-0.2, 0) is 29.5 Å². The van der Waals surface area contributed by atoms with Gasteiger partial charge < -0.3 is 19.1 Å². The van der Waals surface area contributed by atoms with Gasteiger partial charge in [0.2, 0.25) is 0 Å². The Labute approximate surface area is 227 Å². The number of alkyl halides is 3. The zero-order chi connectivity index (χ0) is 29.0. The molecular formula is C22H24BrF3N3O9P. The summed E-state index contributed by atoms with van der Waals surface area (Å²) >= 11 is 3.04. The fourth-order valence-corrected chi connectivity index (χ4v) is 5.30. The second-order valence-electron chi connectivity index (χ2n) is 8.26. The first-order valence-electron chi connectivity index (χ1n) is 11.2. The van der Waals surface area contributed by atoms with Crippen molar-refractivity contribution in [3.8, 4) is 5.75 Å². The molecule has 3 N–H and O–H groups in total. The van der Waals surface area contributed by atoms with Crippen molar-refractivity contribution in [2.45, 2.75) is 44.0 Å². The summed E-state index contributed by atoms with van der Waals surface area (Å²) in [6.07, 6.45) is -5.49. The number of methoxy groups -OCH3 is 1. The lowest BCUT2D eigenvalue weighted by molar-refractivity contribution is -0.142. The number of carbonyl (C=O) groups is 1. The second kappa shape index (κ2) is 12.6. The van der Waals surface area contributed by atoms with Crippen LogP contribution >= 0.6 is 23.7 Å². The number of aromatic amines is 1. The third-order valence-corrected chi connectivity index (χ3v) is 7.38. The Hall–Kier alpha value is -2.75. The van der Waals surface area contributed by atoms with Crippen molar-refractivity contribution in [3.63, 3.8) is 0 Å². The number of H-pyrrole nitrogens is 1. The summed E-state index contributed by atoms with van der Waals surface area (Å²) in [6.45, 7) is 0.708. The van der Waals surface area contributed by atoms with Crippen LogP contribution in [0.25, 0.3) is 6.08 Å². The van der Waals surface area contributed by atoms with E-state index in [1.165, 1.54) is 24.2 Å². The number of nitrogens with zero attached hydrogens (tertiary/aromatic N) is 1. The topological polar surface area (TPSA) is 158 Å². The van der Waals surface area contributed by atoms with Crippen LogP contribution in [0, 0.1) is 0 Å². The third kappa shape index (κ3) is 7.90. The summed E-state index contributed by atoms with van der Waals surface area (Å²) in [5.74, 6) is -1.10. The van der Waals surface area contributed by atoms with Crippen LogP contribution in [0.3, 0.4) is 0 Å². The van der Waals surface area contributed by atoms with Gasteiger partial charge in [0.25, 0.3) is 5.56 Å². The highest BCUT2D eigenvalue weighted by Gasteiger charge is 2.40. The molecule has 2 aromatic rings. The highest BCUT2D eigenvalue weighted by atomic mass is 79.9. The Bertz CT molecular complexity index is 1360. The summed E-state index contributed by atoms with van der Waals surface area (Å²) in [4.78, 5) is 39.6. The molecule has 214 valence electrons. The van der Waals surface area contributed by atoms with Crippen molar-refractivity contribution in [1.29, 1.82) is 0 Å². The van der Waals surface area contributed by atoms with Crippen LogP contribution < -0.4 is 20.9 Å². The number of nitrogens with one attached hydrogen (secondary N) is 2. The van der Waals surface area contributed by atoms with Gasteiger partial charge in [0.05, 0.1) is 30.9 Å². The van der Waals surface area contributed by atoms with Gasteiger partial charge in [0.15, 0.2) is 0 Å². The SMILES string of the molecule is COC(=O)[C@H](C)NP(=O)(OC[C@H]1O[C@@H](n2cc(C=CBr)c(=O)[nH]c2=O)CC1O)Oc1ccc(C(F)(F)F)cc1. The Balaban J connectivity index is 1.78. The van der Waals surface area contributed by atoms with E-state index in [0.29, 0.717) is 12.1 Å². The number of rotatable bonds is 10. The van der Waals surface area contributed by atoms with Gasteiger partial charge in [-0.1, -0.05) is 15.9 Å². The number of carbonyl (C=O) groups excluding carboxylic acids is 1. The molecule has 39 heavy (non-hydrogen) atoms. The Morgan fingerprint density at radius 3 is 2.62 bits per heavy atom. The summed E-state index contributed by atoms with van der Waals surface area (Å²) in [5, 5.41) is 12.8. The zero-order valence-corrected chi connectivity index (χ0v) is 22.9. The first-order valence-corrected chi connectivity index (χ1v) is 13.6. The van der Waals surface area contributed by atoms with Crippen molar-refractivity contribution in [2.24, 2.45) is 0 Å². The standard InChI is InChI=1S/C22H24BrF3N3O9P/c1-12(20(32)35-2)28-39(34,38-15-5-3-14(4-6-15)22(24,25)26)36-11-17-16(30)9-18(37-17)29-10-13(7-8-23)19(31)27-21(29)33/h3-8,10,12,16-18,30H,9,11H2,1-2H3,(H,28,34)(H,27,31,33)/t12-,16?,17+,18+,39?/m0/s1. The molecule has 1 aliphatic heterocycles. The molecule has 5 atom stereocenters. The van der Waals surface area contributed by atoms with E-state index in [2.05, 4.69) is 30.7 Å². The summed E-state index contributed by atoms with van der Waals surface area (Å²) < 4.78 is 74.2.